The van der Waals surface area contributed by atoms with Gasteiger partial charge in [-0.1, -0.05) is 11.6 Å². The molecule has 1 aliphatic carbocycles. The summed E-state index contributed by atoms with van der Waals surface area (Å²) in [5.41, 5.74) is 0. The number of halogens is 1. The largest absolute Gasteiger partial charge is 0.490 e. The first kappa shape index (κ1) is 10.4. The van der Waals surface area contributed by atoms with Crippen LogP contribution in [0.15, 0.2) is 18.3 Å². The molecule has 16 heavy (non-hydrogen) atoms. The van der Waals surface area contributed by atoms with Gasteiger partial charge in [0.15, 0.2) is 0 Å². The number of hydrogen-bond donors (Lipinski definition) is 0. The number of nitrogens with zero attached hydrogens (tertiary/aromatic N) is 2. The molecule has 3 atom stereocenters. The molecule has 1 saturated carbocycles. The van der Waals surface area contributed by atoms with Crippen molar-refractivity contribution in [3.05, 3.63) is 23.5 Å². The smallest absolute Gasteiger partial charge is 0.137 e. The standard InChI is InChI=1S/C12H15ClN2O/c1-15-9(4-8-5-11(8)15)7-16-10-2-3-12(13)14-6-10/h2-3,6,8-9,11H,4-5,7H2,1H3. The van der Waals surface area contributed by atoms with E-state index in [0.29, 0.717) is 11.2 Å². The molecule has 0 radical (unpaired) electrons. The monoisotopic (exact) mass is 238 g/mol. The third-order valence-corrected chi connectivity index (χ3v) is 3.93. The molecule has 1 aromatic rings. The molecule has 2 fully saturated rings. The molecular weight excluding hydrogens is 224 g/mol. The van der Waals surface area contributed by atoms with Gasteiger partial charge in [0.25, 0.3) is 0 Å². The Balaban J connectivity index is 1.55. The lowest BCUT2D eigenvalue weighted by molar-refractivity contribution is 0.176. The number of hydrogen-bond acceptors (Lipinski definition) is 3. The zero-order valence-corrected chi connectivity index (χ0v) is 10.0. The summed E-state index contributed by atoms with van der Waals surface area (Å²) in [6.45, 7) is 0.757. The molecule has 3 nitrogen and oxygen atoms in total. The fraction of sp³-hybridized carbons (Fsp3) is 0.583. The Morgan fingerprint density at radius 3 is 3.00 bits per heavy atom. The van der Waals surface area contributed by atoms with E-state index in [0.717, 1.165) is 24.3 Å². The fourth-order valence-electron chi connectivity index (χ4n) is 2.60. The van der Waals surface area contributed by atoms with Crippen LogP contribution < -0.4 is 4.74 Å². The van der Waals surface area contributed by atoms with E-state index >= 15 is 0 Å². The Bertz CT molecular complexity index is 381. The molecule has 0 bridgehead atoms. The predicted octanol–water partition coefficient (Wildman–Crippen LogP) is 2.21. The van der Waals surface area contributed by atoms with Crippen molar-refractivity contribution < 1.29 is 4.74 Å². The Labute approximate surface area is 100 Å². The Kier molecular flexibility index (Phi) is 2.52. The van der Waals surface area contributed by atoms with Gasteiger partial charge in [-0.15, -0.1) is 0 Å². The van der Waals surface area contributed by atoms with Gasteiger partial charge in [-0.3, -0.25) is 4.90 Å². The van der Waals surface area contributed by atoms with Gasteiger partial charge >= 0.3 is 0 Å². The lowest BCUT2D eigenvalue weighted by Gasteiger charge is -2.22. The van der Waals surface area contributed by atoms with Crippen LogP contribution in [0, 0.1) is 5.92 Å². The third-order valence-electron chi connectivity index (χ3n) is 3.70. The van der Waals surface area contributed by atoms with Gasteiger partial charge in [0.05, 0.1) is 6.20 Å². The summed E-state index contributed by atoms with van der Waals surface area (Å²) >= 11 is 5.71. The van der Waals surface area contributed by atoms with E-state index in [1.807, 2.05) is 6.07 Å². The number of pyridine rings is 1. The van der Waals surface area contributed by atoms with Crippen molar-refractivity contribution >= 4 is 11.6 Å². The molecule has 3 rings (SSSR count). The Morgan fingerprint density at radius 2 is 2.38 bits per heavy atom. The van der Waals surface area contributed by atoms with Gasteiger partial charge in [0.1, 0.15) is 17.5 Å². The van der Waals surface area contributed by atoms with Crippen LogP contribution in [0.3, 0.4) is 0 Å². The van der Waals surface area contributed by atoms with Crippen LogP contribution >= 0.6 is 11.6 Å². The minimum atomic E-state index is 0.506. The fourth-order valence-corrected chi connectivity index (χ4v) is 2.71. The average molecular weight is 239 g/mol. The van der Waals surface area contributed by atoms with Crippen molar-refractivity contribution in [2.24, 2.45) is 5.92 Å². The van der Waals surface area contributed by atoms with Crippen LogP contribution in [0.25, 0.3) is 0 Å². The highest BCUT2D eigenvalue weighted by molar-refractivity contribution is 6.29. The van der Waals surface area contributed by atoms with E-state index in [4.69, 9.17) is 16.3 Å². The Morgan fingerprint density at radius 1 is 1.50 bits per heavy atom. The summed E-state index contributed by atoms with van der Waals surface area (Å²) in [5.74, 6) is 1.74. The molecule has 3 unspecified atom stereocenters. The first-order valence-corrected chi connectivity index (χ1v) is 6.08. The summed E-state index contributed by atoms with van der Waals surface area (Å²) in [5, 5.41) is 0.506. The maximum atomic E-state index is 5.72. The van der Waals surface area contributed by atoms with Crippen LogP contribution in [0.2, 0.25) is 5.15 Å². The van der Waals surface area contributed by atoms with Crippen LogP contribution in [0.5, 0.6) is 5.75 Å². The predicted molar refractivity (Wildman–Crippen MR) is 62.8 cm³/mol. The number of likely N-dealkylation sites (N-methyl/N-ethyl adjacent to an activating group) is 1. The highest BCUT2D eigenvalue weighted by Gasteiger charge is 2.50. The molecule has 1 aliphatic heterocycles. The van der Waals surface area contributed by atoms with Gasteiger partial charge in [0.2, 0.25) is 0 Å². The lowest BCUT2D eigenvalue weighted by atomic mass is 10.2. The van der Waals surface area contributed by atoms with E-state index in [-0.39, 0.29) is 0 Å². The number of likely N-dealkylation sites (tertiary alicyclic amines) is 1. The van der Waals surface area contributed by atoms with Gasteiger partial charge in [-0.25, -0.2) is 4.98 Å². The minimum absolute atomic E-state index is 0.506. The van der Waals surface area contributed by atoms with Crippen molar-refractivity contribution in [3.8, 4) is 5.75 Å². The van der Waals surface area contributed by atoms with Crippen molar-refractivity contribution in [3.63, 3.8) is 0 Å². The molecule has 0 N–H and O–H groups in total. The van der Waals surface area contributed by atoms with Crippen LogP contribution in [-0.4, -0.2) is 35.6 Å². The lowest BCUT2D eigenvalue weighted by Crippen LogP contribution is -2.33. The van der Waals surface area contributed by atoms with Gasteiger partial charge in [-0.2, -0.15) is 0 Å². The average Bonchev–Trinajstić information content (AvgIpc) is 2.99. The quantitative estimate of drug-likeness (QED) is 0.755. The number of rotatable bonds is 3. The molecule has 4 heteroatoms. The number of ether oxygens (including phenoxy) is 1. The molecule has 0 amide bonds. The maximum absolute atomic E-state index is 5.72. The van der Waals surface area contributed by atoms with Gasteiger partial charge in [0, 0.05) is 12.1 Å². The van der Waals surface area contributed by atoms with E-state index in [1.54, 1.807) is 12.3 Å². The molecular formula is C12H15ClN2O. The normalized spacial score (nSPS) is 32.5. The zero-order valence-electron chi connectivity index (χ0n) is 9.27. The molecule has 2 aliphatic rings. The number of aromatic nitrogens is 1. The van der Waals surface area contributed by atoms with Crippen molar-refractivity contribution in [1.29, 1.82) is 0 Å². The summed E-state index contributed by atoms with van der Waals surface area (Å²) in [7, 11) is 2.20. The summed E-state index contributed by atoms with van der Waals surface area (Å²) in [6.07, 6.45) is 4.34. The first-order valence-electron chi connectivity index (χ1n) is 5.70. The molecule has 0 spiro atoms. The van der Waals surface area contributed by atoms with Crippen molar-refractivity contribution in [1.82, 2.24) is 9.88 Å². The molecule has 1 aromatic heterocycles. The Hall–Kier alpha value is -0.800. The second kappa shape index (κ2) is 3.90. The van der Waals surface area contributed by atoms with Gasteiger partial charge in [-0.05, 0) is 37.9 Å². The topological polar surface area (TPSA) is 25.4 Å². The van der Waals surface area contributed by atoms with Gasteiger partial charge < -0.3 is 4.74 Å². The van der Waals surface area contributed by atoms with E-state index < -0.39 is 0 Å². The molecule has 1 saturated heterocycles. The SMILES string of the molecule is CN1C(COc2ccc(Cl)nc2)CC2CC21. The summed E-state index contributed by atoms with van der Waals surface area (Å²) in [6, 6.07) is 5.02. The van der Waals surface area contributed by atoms with Crippen molar-refractivity contribution in [2.75, 3.05) is 13.7 Å². The van der Waals surface area contributed by atoms with E-state index in [1.165, 1.54) is 12.8 Å². The second-order valence-corrected chi connectivity index (χ2v) is 5.13. The molecule has 2 heterocycles. The van der Waals surface area contributed by atoms with Crippen molar-refractivity contribution in [2.45, 2.75) is 24.9 Å². The summed E-state index contributed by atoms with van der Waals surface area (Å²) in [4.78, 5) is 6.45. The first-order chi connectivity index (χ1) is 7.74. The third kappa shape index (κ3) is 1.89. The number of fused-ring (bicyclic) bond motifs is 1. The summed E-state index contributed by atoms with van der Waals surface area (Å²) < 4.78 is 5.72. The molecule has 0 aromatic carbocycles. The van der Waals surface area contributed by atoms with E-state index in [2.05, 4.69) is 16.9 Å². The maximum Gasteiger partial charge on any atom is 0.137 e. The van der Waals surface area contributed by atoms with E-state index in [9.17, 15) is 0 Å². The zero-order chi connectivity index (χ0) is 11.1. The van der Waals surface area contributed by atoms with Crippen LogP contribution in [0.1, 0.15) is 12.8 Å². The molecule has 86 valence electrons. The highest BCUT2D eigenvalue weighted by Crippen LogP contribution is 2.46. The van der Waals surface area contributed by atoms with Crippen LogP contribution in [0.4, 0.5) is 0 Å². The minimum Gasteiger partial charge on any atom is -0.490 e. The highest BCUT2D eigenvalue weighted by atomic mass is 35.5. The second-order valence-electron chi connectivity index (χ2n) is 4.75. The number of piperidine rings is 1. The van der Waals surface area contributed by atoms with Crippen LogP contribution in [-0.2, 0) is 0 Å².